The first-order valence-corrected chi connectivity index (χ1v) is 5.80. The highest BCUT2D eigenvalue weighted by Crippen LogP contribution is 2.28. The van der Waals surface area contributed by atoms with Crippen molar-refractivity contribution in [3.63, 3.8) is 0 Å². The van der Waals surface area contributed by atoms with Crippen LogP contribution in [0.1, 0.15) is 5.56 Å². The molecule has 0 saturated carbocycles. The smallest absolute Gasteiger partial charge is 0.0817 e. The summed E-state index contributed by atoms with van der Waals surface area (Å²) in [6.07, 6.45) is 0. The molecule has 0 unspecified atom stereocenters. The summed E-state index contributed by atoms with van der Waals surface area (Å²) >= 11 is 9.22. The lowest BCUT2D eigenvalue weighted by Crippen LogP contribution is -1.84. The molecule has 0 spiro atoms. The molecule has 0 aromatic heterocycles. The zero-order valence-electron chi connectivity index (χ0n) is 8.88. The third-order valence-corrected chi connectivity index (χ3v) is 2.69. The Bertz CT molecular complexity index is 652. The summed E-state index contributed by atoms with van der Waals surface area (Å²) in [5.41, 5.74) is 1.92. The lowest BCUT2D eigenvalue weighted by atomic mass is 10.0. The van der Waals surface area contributed by atoms with Crippen LogP contribution in [0, 0.1) is 0 Å². The van der Waals surface area contributed by atoms with Gasteiger partial charge in [-0.1, -0.05) is 30.3 Å². The fourth-order valence-electron chi connectivity index (χ4n) is 1.76. The van der Waals surface area contributed by atoms with Gasteiger partial charge >= 0.3 is 0 Å². The molecule has 0 radical (unpaired) electrons. The monoisotopic (exact) mass is 256 g/mol. The molecule has 2 rings (SSSR count). The van der Waals surface area contributed by atoms with Crippen LogP contribution in [0.2, 0.25) is 0 Å². The van der Waals surface area contributed by atoms with E-state index < -0.39 is 0 Å². The molecule has 0 bridgehead atoms. The summed E-state index contributed by atoms with van der Waals surface area (Å²) in [6.45, 7) is 0.533. The van der Waals surface area contributed by atoms with Crippen molar-refractivity contribution < 1.29 is 0 Å². The molecule has 0 aliphatic heterocycles. The number of nitrogens with zero attached hydrogens (tertiary/aromatic N) is 2. The molecule has 0 atom stereocenters. The number of rotatable bonds is 3. The number of hydrogen-bond acceptors (Lipinski definition) is 4. The van der Waals surface area contributed by atoms with Gasteiger partial charge in [0.2, 0.25) is 0 Å². The Morgan fingerprint density at radius 1 is 0.941 bits per heavy atom. The second-order valence-electron chi connectivity index (χ2n) is 3.40. The van der Waals surface area contributed by atoms with Crippen LogP contribution in [0.25, 0.3) is 10.8 Å². The number of hydrogen-bond donors (Lipinski definition) is 0. The van der Waals surface area contributed by atoms with Crippen molar-refractivity contribution in [2.45, 2.75) is 6.54 Å². The van der Waals surface area contributed by atoms with E-state index in [1.165, 1.54) is 0 Å². The Morgan fingerprint density at radius 2 is 1.71 bits per heavy atom. The number of thiocarbonyl (C=S) groups is 2. The molecule has 0 aliphatic carbocycles. The standard InChI is InChI=1S/C13H8N2S2/c16-8-14-7-10-3-1-5-12-11(10)4-2-6-13(12)15-9-17/h1-6H,7H2. The minimum atomic E-state index is 0.533. The molecule has 4 heteroatoms. The highest BCUT2D eigenvalue weighted by molar-refractivity contribution is 7.78. The van der Waals surface area contributed by atoms with E-state index in [9.17, 15) is 0 Å². The van der Waals surface area contributed by atoms with Crippen LogP contribution in [0.15, 0.2) is 46.4 Å². The first-order valence-electron chi connectivity index (χ1n) is 4.99. The quantitative estimate of drug-likeness (QED) is 0.608. The topological polar surface area (TPSA) is 24.7 Å². The summed E-state index contributed by atoms with van der Waals surface area (Å²) in [5, 5.41) is 6.92. The number of aliphatic imine (C=N–C) groups is 2. The zero-order chi connectivity index (χ0) is 12.1. The van der Waals surface area contributed by atoms with E-state index in [1.54, 1.807) is 0 Å². The number of benzene rings is 2. The van der Waals surface area contributed by atoms with E-state index in [0.717, 1.165) is 22.0 Å². The molecular weight excluding hydrogens is 248 g/mol. The van der Waals surface area contributed by atoms with Crippen LogP contribution in [-0.4, -0.2) is 10.3 Å². The number of fused-ring (bicyclic) bond motifs is 1. The van der Waals surface area contributed by atoms with Gasteiger partial charge < -0.3 is 0 Å². The minimum Gasteiger partial charge on any atom is -0.228 e. The molecule has 17 heavy (non-hydrogen) atoms. The summed E-state index contributed by atoms with van der Waals surface area (Å²) in [7, 11) is 0. The van der Waals surface area contributed by atoms with E-state index in [4.69, 9.17) is 0 Å². The Hall–Kier alpha value is -1.70. The van der Waals surface area contributed by atoms with Crippen LogP contribution in [-0.2, 0) is 6.54 Å². The van der Waals surface area contributed by atoms with Crippen LogP contribution >= 0.6 is 24.4 Å². The Kier molecular flexibility index (Phi) is 3.86. The SMILES string of the molecule is S=C=NCc1cccc2c(N=C=S)cccc12. The van der Waals surface area contributed by atoms with E-state index in [1.807, 2.05) is 36.4 Å². The second-order valence-corrected chi connectivity index (χ2v) is 3.77. The lowest BCUT2D eigenvalue weighted by Gasteiger charge is -2.05. The normalized spacial score (nSPS) is 9.41. The van der Waals surface area contributed by atoms with E-state index in [2.05, 4.69) is 44.7 Å². The molecular formula is C13H8N2S2. The fourth-order valence-corrected chi connectivity index (χ4v) is 1.92. The summed E-state index contributed by atoms with van der Waals surface area (Å²) < 4.78 is 0. The summed E-state index contributed by atoms with van der Waals surface area (Å²) in [5.74, 6) is 0. The lowest BCUT2D eigenvalue weighted by molar-refractivity contribution is 1.10. The molecule has 2 aromatic carbocycles. The molecule has 82 valence electrons. The Balaban J connectivity index is 2.68. The van der Waals surface area contributed by atoms with Gasteiger partial charge in [0.05, 0.1) is 22.6 Å². The molecule has 2 aromatic rings. The van der Waals surface area contributed by atoms with Crippen molar-refractivity contribution in [2.75, 3.05) is 0 Å². The van der Waals surface area contributed by atoms with Crippen molar-refractivity contribution in [2.24, 2.45) is 9.98 Å². The van der Waals surface area contributed by atoms with E-state index in [-0.39, 0.29) is 0 Å². The van der Waals surface area contributed by atoms with Crippen LogP contribution in [0.3, 0.4) is 0 Å². The van der Waals surface area contributed by atoms with Crippen molar-refractivity contribution in [3.05, 3.63) is 42.0 Å². The zero-order valence-corrected chi connectivity index (χ0v) is 10.5. The fraction of sp³-hybridized carbons (Fsp3) is 0.0769. The molecule has 0 heterocycles. The van der Waals surface area contributed by atoms with Crippen molar-refractivity contribution >= 4 is 51.2 Å². The first-order chi connectivity index (χ1) is 8.36. The molecule has 0 fully saturated rings. The van der Waals surface area contributed by atoms with Crippen molar-refractivity contribution in [1.29, 1.82) is 0 Å². The van der Waals surface area contributed by atoms with Gasteiger partial charge in [-0.15, -0.1) is 0 Å². The van der Waals surface area contributed by atoms with Gasteiger partial charge in [-0.25, -0.2) is 4.99 Å². The highest BCUT2D eigenvalue weighted by atomic mass is 32.1. The maximum Gasteiger partial charge on any atom is 0.0817 e. The third-order valence-electron chi connectivity index (χ3n) is 2.47. The predicted octanol–water partition coefficient (Wildman–Crippen LogP) is 4.18. The van der Waals surface area contributed by atoms with Gasteiger partial charge in [0.1, 0.15) is 0 Å². The maximum atomic E-state index is 4.64. The first kappa shape index (κ1) is 11.8. The third kappa shape index (κ3) is 2.52. The summed E-state index contributed by atoms with van der Waals surface area (Å²) in [4.78, 5) is 8.02. The van der Waals surface area contributed by atoms with Crippen LogP contribution in [0.5, 0.6) is 0 Å². The molecule has 0 N–H and O–H groups in total. The molecule has 2 nitrogen and oxygen atoms in total. The average molecular weight is 256 g/mol. The second kappa shape index (κ2) is 5.58. The van der Waals surface area contributed by atoms with E-state index >= 15 is 0 Å². The highest BCUT2D eigenvalue weighted by Gasteiger charge is 2.03. The van der Waals surface area contributed by atoms with Crippen molar-refractivity contribution in [1.82, 2.24) is 0 Å². The van der Waals surface area contributed by atoms with Gasteiger partial charge in [0.15, 0.2) is 0 Å². The average Bonchev–Trinajstić information content (AvgIpc) is 2.37. The summed E-state index contributed by atoms with van der Waals surface area (Å²) in [6, 6.07) is 11.9. The van der Waals surface area contributed by atoms with Gasteiger partial charge in [-0.05, 0) is 41.5 Å². The predicted molar refractivity (Wildman–Crippen MR) is 77.4 cm³/mol. The molecule has 0 saturated heterocycles. The van der Waals surface area contributed by atoms with Crippen LogP contribution in [0.4, 0.5) is 5.69 Å². The Morgan fingerprint density at radius 3 is 2.47 bits per heavy atom. The Labute approximate surface area is 110 Å². The minimum absolute atomic E-state index is 0.533. The van der Waals surface area contributed by atoms with Gasteiger partial charge in [0, 0.05) is 5.39 Å². The van der Waals surface area contributed by atoms with Crippen LogP contribution < -0.4 is 0 Å². The van der Waals surface area contributed by atoms with Gasteiger partial charge in [0.25, 0.3) is 0 Å². The number of isothiocyanates is 2. The van der Waals surface area contributed by atoms with Crippen molar-refractivity contribution in [3.8, 4) is 0 Å². The maximum absolute atomic E-state index is 4.64. The van der Waals surface area contributed by atoms with E-state index in [0.29, 0.717) is 6.54 Å². The van der Waals surface area contributed by atoms with Gasteiger partial charge in [-0.3, -0.25) is 0 Å². The largest absolute Gasteiger partial charge is 0.228 e. The van der Waals surface area contributed by atoms with Gasteiger partial charge in [-0.2, -0.15) is 4.99 Å². The molecule has 0 aliphatic rings. The molecule has 0 amide bonds.